The van der Waals surface area contributed by atoms with E-state index in [1.807, 2.05) is 16.7 Å². The highest BCUT2D eigenvalue weighted by atomic mass is 16.5. The van der Waals surface area contributed by atoms with Gasteiger partial charge in [-0.1, -0.05) is 6.42 Å². The number of rotatable bonds is 6. The van der Waals surface area contributed by atoms with Gasteiger partial charge < -0.3 is 14.6 Å². The summed E-state index contributed by atoms with van der Waals surface area (Å²) in [5, 5.41) is 2.99. The van der Waals surface area contributed by atoms with Crippen molar-refractivity contribution in [3.05, 3.63) is 24.2 Å². The lowest BCUT2D eigenvalue weighted by Gasteiger charge is -2.24. The number of imidazole rings is 1. The van der Waals surface area contributed by atoms with Crippen LogP contribution in [-0.2, 0) is 22.6 Å². The van der Waals surface area contributed by atoms with Crippen molar-refractivity contribution in [1.82, 2.24) is 19.9 Å². The minimum absolute atomic E-state index is 0.138. The zero-order valence-corrected chi connectivity index (χ0v) is 12.2. The van der Waals surface area contributed by atoms with E-state index in [-0.39, 0.29) is 11.8 Å². The van der Waals surface area contributed by atoms with Gasteiger partial charge in [-0.2, -0.15) is 0 Å². The van der Waals surface area contributed by atoms with Crippen molar-refractivity contribution in [2.75, 3.05) is 13.7 Å². The van der Waals surface area contributed by atoms with Crippen LogP contribution in [0.15, 0.2) is 18.3 Å². The Morgan fingerprint density at radius 3 is 3.10 bits per heavy atom. The molecule has 6 nitrogen and oxygen atoms in total. The molecule has 21 heavy (non-hydrogen) atoms. The molecule has 0 unspecified atom stereocenters. The summed E-state index contributed by atoms with van der Waals surface area (Å²) < 4.78 is 7.16. The Morgan fingerprint density at radius 1 is 1.52 bits per heavy atom. The van der Waals surface area contributed by atoms with Crippen molar-refractivity contribution < 1.29 is 9.53 Å². The SMILES string of the molecule is COCCn1c(CNC(=O)C2CCC2)nc2cccnc21. The first-order chi connectivity index (χ1) is 10.3. The maximum atomic E-state index is 12.0. The van der Waals surface area contributed by atoms with E-state index in [1.165, 1.54) is 0 Å². The average molecular weight is 288 g/mol. The number of hydrogen-bond acceptors (Lipinski definition) is 4. The van der Waals surface area contributed by atoms with Crippen LogP contribution < -0.4 is 5.32 Å². The molecule has 0 atom stereocenters. The van der Waals surface area contributed by atoms with Crippen LogP contribution in [0.25, 0.3) is 11.2 Å². The third kappa shape index (κ3) is 2.90. The summed E-state index contributed by atoms with van der Waals surface area (Å²) in [7, 11) is 1.67. The van der Waals surface area contributed by atoms with Gasteiger partial charge in [0.05, 0.1) is 13.2 Å². The molecule has 3 rings (SSSR count). The molecule has 1 aliphatic carbocycles. The Hall–Kier alpha value is -1.95. The second-order valence-electron chi connectivity index (χ2n) is 5.36. The molecular formula is C15H20N4O2. The summed E-state index contributed by atoms with van der Waals surface area (Å²) in [5.41, 5.74) is 1.68. The van der Waals surface area contributed by atoms with E-state index in [4.69, 9.17) is 4.74 Å². The van der Waals surface area contributed by atoms with Crippen LogP contribution in [-0.4, -0.2) is 34.2 Å². The number of carbonyl (C=O) groups is 1. The highest BCUT2D eigenvalue weighted by Crippen LogP contribution is 2.26. The van der Waals surface area contributed by atoms with Gasteiger partial charge in [0.1, 0.15) is 11.3 Å². The van der Waals surface area contributed by atoms with E-state index in [0.717, 1.165) is 36.3 Å². The number of hydrogen-bond donors (Lipinski definition) is 1. The Bertz CT molecular complexity index is 634. The van der Waals surface area contributed by atoms with E-state index in [0.29, 0.717) is 19.7 Å². The van der Waals surface area contributed by atoms with Crippen LogP contribution in [0.4, 0.5) is 0 Å². The summed E-state index contributed by atoms with van der Waals surface area (Å²) in [6.45, 7) is 1.71. The average Bonchev–Trinajstić information content (AvgIpc) is 2.79. The van der Waals surface area contributed by atoms with E-state index in [9.17, 15) is 4.79 Å². The molecule has 1 saturated carbocycles. The molecule has 112 valence electrons. The fraction of sp³-hybridized carbons (Fsp3) is 0.533. The van der Waals surface area contributed by atoms with Crippen molar-refractivity contribution in [2.45, 2.75) is 32.4 Å². The lowest BCUT2D eigenvalue weighted by Crippen LogP contribution is -2.34. The van der Waals surface area contributed by atoms with Gasteiger partial charge in [0, 0.05) is 25.8 Å². The summed E-state index contributed by atoms with van der Waals surface area (Å²) in [5.74, 6) is 1.16. The third-order valence-electron chi connectivity index (χ3n) is 4.00. The van der Waals surface area contributed by atoms with Crippen molar-refractivity contribution in [2.24, 2.45) is 5.92 Å². The van der Waals surface area contributed by atoms with Gasteiger partial charge in [0.25, 0.3) is 0 Å². The largest absolute Gasteiger partial charge is 0.383 e. The normalized spacial score (nSPS) is 15.1. The summed E-state index contributed by atoms with van der Waals surface area (Å²) in [6, 6.07) is 3.80. The predicted octanol–water partition coefficient (Wildman–Crippen LogP) is 1.49. The smallest absolute Gasteiger partial charge is 0.223 e. The molecule has 2 aromatic heterocycles. The molecule has 0 radical (unpaired) electrons. The molecule has 1 fully saturated rings. The highest BCUT2D eigenvalue weighted by molar-refractivity contribution is 5.79. The van der Waals surface area contributed by atoms with E-state index < -0.39 is 0 Å². The van der Waals surface area contributed by atoms with Gasteiger partial charge in [-0.15, -0.1) is 0 Å². The van der Waals surface area contributed by atoms with Crippen molar-refractivity contribution in [3.63, 3.8) is 0 Å². The molecule has 1 N–H and O–H groups in total. The Morgan fingerprint density at radius 2 is 2.38 bits per heavy atom. The number of pyridine rings is 1. The Balaban J connectivity index is 1.77. The number of ether oxygens (including phenoxy) is 1. The predicted molar refractivity (Wildman–Crippen MR) is 78.6 cm³/mol. The zero-order valence-electron chi connectivity index (χ0n) is 12.2. The summed E-state index contributed by atoms with van der Waals surface area (Å²) in [4.78, 5) is 20.9. The van der Waals surface area contributed by atoms with Crippen molar-refractivity contribution in [3.8, 4) is 0 Å². The van der Waals surface area contributed by atoms with E-state index in [1.54, 1.807) is 13.3 Å². The van der Waals surface area contributed by atoms with Crippen molar-refractivity contribution >= 4 is 17.1 Å². The molecule has 0 bridgehead atoms. The number of nitrogens with zero attached hydrogens (tertiary/aromatic N) is 3. The van der Waals surface area contributed by atoms with Crippen LogP contribution >= 0.6 is 0 Å². The molecule has 2 aromatic rings. The highest BCUT2D eigenvalue weighted by Gasteiger charge is 2.25. The van der Waals surface area contributed by atoms with Crippen molar-refractivity contribution in [1.29, 1.82) is 0 Å². The number of nitrogens with one attached hydrogen (secondary N) is 1. The molecule has 0 saturated heterocycles. The molecule has 0 aliphatic heterocycles. The fourth-order valence-electron chi connectivity index (χ4n) is 2.54. The first kappa shape index (κ1) is 14.0. The second kappa shape index (κ2) is 6.22. The quantitative estimate of drug-likeness (QED) is 0.874. The van der Waals surface area contributed by atoms with E-state index >= 15 is 0 Å². The molecule has 6 heteroatoms. The first-order valence-electron chi connectivity index (χ1n) is 7.36. The molecule has 1 amide bonds. The molecule has 0 aromatic carbocycles. The van der Waals surface area contributed by atoms with Gasteiger partial charge in [-0.3, -0.25) is 4.79 Å². The van der Waals surface area contributed by atoms with Crippen LogP contribution in [0.3, 0.4) is 0 Å². The molecule has 2 heterocycles. The number of methoxy groups -OCH3 is 1. The second-order valence-corrected chi connectivity index (χ2v) is 5.36. The van der Waals surface area contributed by atoms with Crippen LogP contribution in [0.2, 0.25) is 0 Å². The maximum absolute atomic E-state index is 12.0. The topological polar surface area (TPSA) is 69.0 Å². The fourth-order valence-corrected chi connectivity index (χ4v) is 2.54. The monoisotopic (exact) mass is 288 g/mol. The number of aromatic nitrogens is 3. The zero-order chi connectivity index (χ0) is 14.7. The van der Waals surface area contributed by atoms with Gasteiger partial charge in [0.2, 0.25) is 5.91 Å². The van der Waals surface area contributed by atoms with Gasteiger partial charge in [0.15, 0.2) is 5.65 Å². The van der Waals surface area contributed by atoms with Gasteiger partial charge in [-0.25, -0.2) is 9.97 Å². The summed E-state index contributed by atoms with van der Waals surface area (Å²) in [6.07, 6.45) is 4.93. The minimum atomic E-state index is 0.138. The maximum Gasteiger partial charge on any atom is 0.223 e. The van der Waals surface area contributed by atoms with Gasteiger partial charge >= 0.3 is 0 Å². The first-order valence-corrected chi connectivity index (χ1v) is 7.36. The third-order valence-corrected chi connectivity index (χ3v) is 4.00. The van der Waals surface area contributed by atoms with Crippen LogP contribution in [0, 0.1) is 5.92 Å². The Labute approximate surface area is 123 Å². The summed E-state index contributed by atoms with van der Waals surface area (Å²) >= 11 is 0. The number of carbonyl (C=O) groups excluding carboxylic acids is 1. The Kier molecular flexibility index (Phi) is 4.15. The van der Waals surface area contributed by atoms with Crippen LogP contribution in [0.5, 0.6) is 0 Å². The van der Waals surface area contributed by atoms with Crippen LogP contribution in [0.1, 0.15) is 25.1 Å². The minimum Gasteiger partial charge on any atom is -0.383 e. The lowest BCUT2D eigenvalue weighted by atomic mass is 9.85. The van der Waals surface area contributed by atoms with E-state index in [2.05, 4.69) is 15.3 Å². The number of amides is 1. The molecule has 1 aliphatic rings. The molecular weight excluding hydrogens is 268 g/mol. The standard InChI is InChI=1S/C15H20N4O2/c1-21-9-8-19-13(10-17-15(20)11-4-2-5-11)18-12-6-3-7-16-14(12)19/h3,6-7,11H,2,4-5,8-10H2,1H3,(H,17,20). The number of fused-ring (bicyclic) bond motifs is 1. The molecule has 0 spiro atoms. The van der Waals surface area contributed by atoms with Gasteiger partial charge in [-0.05, 0) is 25.0 Å². The lowest BCUT2D eigenvalue weighted by molar-refractivity contribution is -0.127.